The van der Waals surface area contributed by atoms with Crippen LogP contribution in [0.2, 0.25) is 0 Å². The SMILES string of the molecule is [B]c1ccc2c(c1)c(CC(C)(C)COC(C)=O)c(-c1cc(I)cnc1[C@H](C)OC)n2CCOC1CCOCC1. The highest BCUT2D eigenvalue weighted by Gasteiger charge is 2.29. The monoisotopic (exact) mass is 644 g/mol. The largest absolute Gasteiger partial charge is 0.465 e. The van der Waals surface area contributed by atoms with Gasteiger partial charge in [0.1, 0.15) is 7.85 Å². The standard InChI is InChI=1S/C30H38BIN2O5/c1-19(36-5)28-25(15-22(32)17-33-28)29-26(16-30(3,4)18-39-20(2)35)24-14-21(31)6-7-27(24)34(29)10-13-38-23-8-11-37-12-9-23/h6-7,14-15,17,19,23H,8-13,16,18H2,1-5H3/t19-/m0/s1. The quantitative estimate of drug-likeness (QED) is 0.164. The van der Waals surface area contributed by atoms with Crippen LogP contribution in [0.15, 0.2) is 30.5 Å². The number of hydrogen-bond donors (Lipinski definition) is 0. The van der Waals surface area contributed by atoms with Crippen LogP contribution in [-0.4, -0.2) is 63.0 Å². The molecule has 1 aliphatic heterocycles. The first-order chi connectivity index (χ1) is 18.6. The summed E-state index contributed by atoms with van der Waals surface area (Å²) >= 11 is 2.31. The highest BCUT2D eigenvalue weighted by atomic mass is 127. The van der Waals surface area contributed by atoms with Gasteiger partial charge in [0.15, 0.2) is 0 Å². The molecule has 1 aliphatic rings. The Labute approximate surface area is 246 Å². The molecule has 3 aromatic rings. The Morgan fingerprint density at radius 1 is 1.28 bits per heavy atom. The van der Waals surface area contributed by atoms with E-state index in [2.05, 4.69) is 53.1 Å². The predicted octanol–water partition coefficient (Wildman–Crippen LogP) is 5.14. The zero-order chi connectivity index (χ0) is 28.2. The van der Waals surface area contributed by atoms with E-state index in [9.17, 15) is 4.79 Å². The summed E-state index contributed by atoms with van der Waals surface area (Å²) in [5.74, 6) is -0.279. The van der Waals surface area contributed by atoms with Crippen LogP contribution in [0.1, 0.15) is 57.9 Å². The summed E-state index contributed by atoms with van der Waals surface area (Å²) in [6.45, 7) is 10.8. The topological polar surface area (TPSA) is 71.8 Å². The maximum Gasteiger partial charge on any atom is 0.302 e. The summed E-state index contributed by atoms with van der Waals surface area (Å²) in [6.07, 6.45) is 4.40. The molecule has 2 aromatic heterocycles. The van der Waals surface area contributed by atoms with Crippen molar-refractivity contribution in [3.63, 3.8) is 0 Å². The first-order valence-corrected chi connectivity index (χ1v) is 14.6. The molecule has 1 atom stereocenters. The second-order valence-electron chi connectivity index (χ2n) is 11.0. The lowest BCUT2D eigenvalue weighted by Crippen LogP contribution is -2.25. The number of methoxy groups -OCH3 is 1. The van der Waals surface area contributed by atoms with E-state index < -0.39 is 0 Å². The smallest absolute Gasteiger partial charge is 0.302 e. The van der Waals surface area contributed by atoms with Gasteiger partial charge >= 0.3 is 5.97 Å². The van der Waals surface area contributed by atoms with Crippen LogP contribution in [0, 0.1) is 8.99 Å². The van der Waals surface area contributed by atoms with Gasteiger partial charge in [-0.15, -0.1) is 0 Å². The molecule has 2 radical (unpaired) electrons. The molecule has 0 amide bonds. The fourth-order valence-electron chi connectivity index (χ4n) is 5.22. The van der Waals surface area contributed by atoms with Crippen LogP contribution in [0.4, 0.5) is 0 Å². The molecule has 0 saturated carbocycles. The van der Waals surface area contributed by atoms with Crippen molar-refractivity contribution >= 4 is 52.8 Å². The number of carbonyl (C=O) groups is 1. The van der Waals surface area contributed by atoms with E-state index in [1.54, 1.807) is 7.11 Å². The number of hydrogen-bond acceptors (Lipinski definition) is 6. The van der Waals surface area contributed by atoms with Crippen molar-refractivity contribution in [1.29, 1.82) is 0 Å². The summed E-state index contributed by atoms with van der Waals surface area (Å²) in [7, 11) is 8.03. The molecule has 208 valence electrons. The van der Waals surface area contributed by atoms with Crippen molar-refractivity contribution in [1.82, 2.24) is 9.55 Å². The second-order valence-corrected chi connectivity index (χ2v) is 12.3. The molecule has 1 aromatic carbocycles. The average Bonchev–Trinajstić information content (AvgIpc) is 3.19. The fourth-order valence-corrected chi connectivity index (χ4v) is 5.67. The number of carbonyl (C=O) groups excluding carboxylic acids is 1. The minimum absolute atomic E-state index is 0.200. The van der Waals surface area contributed by atoms with Gasteiger partial charge in [-0.25, -0.2) is 0 Å². The van der Waals surface area contributed by atoms with Crippen molar-refractivity contribution in [3.05, 3.63) is 45.3 Å². The lowest BCUT2D eigenvalue weighted by atomic mass is 9.83. The van der Waals surface area contributed by atoms with Crippen molar-refractivity contribution in [2.24, 2.45) is 5.41 Å². The third kappa shape index (κ3) is 7.42. The maximum atomic E-state index is 11.6. The van der Waals surface area contributed by atoms with Gasteiger partial charge in [0.2, 0.25) is 0 Å². The zero-order valence-electron chi connectivity index (χ0n) is 23.6. The van der Waals surface area contributed by atoms with Crippen LogP contribution in [0.5, 0.6) is 0 Å². The Kier molecular flexibility index (Phi) is 10.1. The Bertz CT molecular complexity index is 1300. The number of fused-ring (bicyclic) bond motifs is 1. The molecule has 7 nitrogen and oxygen atoms in total. The molecule has 0 bridgehead atoms. The Morgan fingerprint density at radius 3 is 2.72 bits per heavy atom. The van der Waals surface area contributed by atoms with Crippen LogP contribution < -0.4 is 5.46 Å². The molecular weight excluding hydrogens is 606 g/mol. The van der Waals surface area contributed by atoms with Gasteiger partial charge in [0, 0.05) is 65.4 Å². The normalized spacial score (nSPS) is 15.5. The van der Waals surface area contributed by atoms with Crippen LogP contribution in [0.3, 0.4) is 0 Å². The van der Waals surface area contributed by atoms with Crippen molar-refractivity contribution in [2.45, 2.75) is 65.7 Å². The first-order valence-electron chi connectivity index (χ1n) is 13.5. The highest BCUT2D eigenvalue weighted by Crippen LogP contribution is 2.40. The number of rotatable bonds is 11. The lowest BCUT2D eigenvalue weighted by molar-refractivity contribution is -0.143. The second kappa shape index (κ2) is 13.1. The molecule has 0 unspecified atom stereocenters. The van der Waals surface area contributed by atoms with E-state index >= 15 is 0 Å². The minimum atomic E-state index is -0.314. The summed E-state index contributed by atoms with van der Waals surface area (Å²) in [5.41, 5.74) is 5.60. The van der Waals surface area contributed by atoms with E-state index in [4.69, 9.17) is 31.8 Å². The fraction of sp³-hybridized carbons (Fsp3) is 0.533. The molecular formula is C30H38BIN2O5. The van der Waals surface area contributed by atoms with Crippen molar-refractivity contribution in [2.75, 3.05) is 33.5 Å². The van der Waals surface area contributed by atoms with Crippen LogP contribution in [-0.2, 0) is 36.7 Å². The Hall–Kier alpha value is -1.95. The molecule has 9 heteroatoms. The molecule has 39 heavy (non-hydrogen) atoms. The number of nitrogens with zero attached hydrogens (tertiary/aromatic N) is 2. The third-order valence-corrected chi connectivity index (χ3v) is 7.82. The number of aromatic nitrogens is 2. The van der Waals surface area contributed by atoms with E-state index in [1.807, 2.05) is 25.3 Å². The van der Waals surface area contributed by atoms with Gasteiger partial charge in [-0.1, -0.05) is 31.4 Å². The number of pyridine rings is 1. The summed E-state index contributed by atoms with van der Waals surface area (Å²) in [5, 5.41) is 1.09. The molecule has 0 aliphatic carbocycles. The lowest BCUT2D eigenvalue weighted by Gasteiger charge is -2.26. The molecule has 1 saturated heterocycles. The molecule has 4 rings (SSSR count). The predicted molar refractivity (Wildman–Crippen MR) is 163 cm³/mol. The summed E-state index contributed by atoms with van der Waals surface area (Å²) in [4.78, 5) is 16.5. The average molecular weight is 644 g/mol. The third-order valence-electron chi connectivity index (χ3n) is 7.23. The number of ether oxygens (including phenoxy) is 4. The number of benzene rings is 1. The van der Waals surface area contributed by atoms with Crippen molar-refractivity contribution in [3.8, 4) is 11.3 Å². The van der Waals surface area contributed by atoms with Gasteiger partial charge in [-0.3, -0.25) is 9.78 Å². The molecule has 3 heterocycles. The summed E-state index contributed by atoms with van der Waals surface area (Å²) in [6, 6.07) is 8.26. The Morgan fingerprint density at radius 2 is 2.03 bits per heavy atom. The number of halogens is 1. The highest BCUT2D eigenvalue weighted by molar-refractivity contribution is 14.1. The maximum absolute atomic E-state index is 11.6. The van der Waals surface area contributed by atoms with Crippen LogP contribution >= 0.6 is 22.6 Å². The minimum Gasteiger partial charge on any atom is -0.465 e. The van der Waals surface area contributed by atoms with E-state index in [-0.39, 0.29) is 23.6 Å². The first kappa shape index (κ1) is 30.0. The van der Waals surface area contributed by atoms with Gasteiger partial charge in [-0.05, 0) is 66.5 Å². The van der Waals surface area contributed by atoms with E-state index in [0.717, 1.165) is 63.0 Å². The van der Waals surface area contributed by atoms with Crippen molar-refractivity contribution < 1.29 is 23.7 Å². The molecule has 0 N–H and O–H groups in total. The van der Waals surface area contributed by atoms with E-state index in [1.165, 1.54) is 6.92 Å². The number of esters is 1. The van der Waals surface area contributed by atoms with Gasteiger partial charge in [-0.2, -0.15) is 0 Å². The van der Waals surface area contributed by atoms with Gasteiger partial charge in [0.05, 0.1) is 36.8 Å². The van der Waals surface area contributed by atoms with Crippen LogP contribution in [0.25, 0.3) is 22.2 Å². The molecule has 1 fully saturated rings. The zero-order valence-corrected chi connectivity index (χ0v) is 25.7. The Balaban J connectivity index is 1.88. The van der Waals surface area contributed by atoms with E-state index in [0.29, 0.717) is 31.6 Å². The summed E-state index contributed by atoms with van der Waals surface area (Å²) < 4.78 is 26.4. The van der Waals surface area contributed by atoms with Gasteiger partial charge < -0.3 is 23.5 Å². The molecule has 0 spiro atoms. The van der Waals surface area contributed by atoms with Gasteiger partial charge in [0.25, 0.3) is 0 Å².